The molecule has 0 aliphatic carbocycles. The molecule has 0 aromatic carbocycles. The van der Waals surface area contributed by atoms with Crippen molar-refractivity contribution < 1.29 is 13.2 Å². The van der Waals surface area contributed by atoms with Gasteiger partial charge in [-0.2, -0.15) is 0 Å². The fourth-order valence-electron chi connectivity index (χ4n) is 3.25. The highest BCUT2D eigenvalue weighted by Gasteiger charge is 2.29. The predicted octanol–water partition coefficient (Wildman–Crippen LogP) is 1.08. The Balaban J connectivity index is 1.74. The molecule has 7 nitrogen and oxygen atoms in total. The van der Waals surface area contributed by atoms with E-state index in [1.807, 2.05) is 6.92 Å². The smallest absolute Gasteiger partial charge is 0.270 e. The number of nitrogens with one attached hydrogen (secondary N) is 1. The second kappa shape index (κ2) is 7.04. The van der Waals surface area contributed by atoms with E-state index in [1.165, 1.54) is 12.8 Å². The number of hydrogen-bond donors (Lipinski definition) is 1. The van der Waals surface area contributed by atoms with Gasteiger partial charge < -0.3 is 10.2 Å². The summed E-state index contributed by atoms with van der Waals surface area (Å²) in [6, 6.07) is 1.33. The van der Waals surface area contributed by atoms with Crippen LogP contribution < -0.4 is 10.2 Å². The zero-order valence-corrected chi connectivity index (χ0v) is 14.8. The van der Waals surface area contributed by atoms with Crippen molar-refractivity contribution in [3.8, 4) is 0 Å². The first kappa shape index (κ1) is 17.1. The van der Waals surface area contributed by atoms with Gasteiger partial charge in [0.1, 0.15) is 5.69 Å². The van der Waals surface area contributed by atoms with E-state index in [4.69, 9.17) is 0 Å². The first-order chi connectivity index (χ1) is 11.4. The third-order valence-electron chi connectivity index (χ3n) is 4.53. The van der Waals surface area contributed by atoms with E-state index in [-0.39, 0.29) is 23.5 Å². The van der Waals surface area contributed by atoms with Gasteiger partial charge in [0.2, 0.25) is 5.95 Å². The Labute approximate surface area is 142 Å². The average molecular weight is 352 g/mol. The summed E-state index contributed by atoms with van der Waals surface area (Å²) in [5.74, 6) is 0.432. The van der Waals surface area contributed by atoms with Crippen LogP contribution in [0.2, 0.25) is 0 Å². The first-order valence-electron chi connectivity index (χ1n) is 8.55. The molecular weight excluding hydrogens is 328 g/mol. The lowest BCUT2D eigenvalue weighted by Crippen LogP contribution is -2.36. The minimum Gasteiger partial charge on any atom is -0.347 e. The van der Waals surface area contributed by atoms with Gasteiger partial charge in [-0.25, -0.2) is 18.4 Å². The zero-order valence-electron chi connectivity index (χ0n) is 14.0. The summed E-state index contributed by atoms with van der Waals surface area (Å²) in [6.45, 7) is 3.66. The summed E-state index contributed by atoms with van der Waals surface area (Å²) in [5.41, 5.74) is 1.06. The molecule has 0 radical (unpaired) electrons. The number of carbonyl (C=O) groups excluding carboxylic acids is 1. The molecule has 1 amide bonds. The Bertz CT molecular complexity index is 712. The Morgan fingerprint density at radius 2 is 1.92 bits per heavy atom. The number of aryl methyl sites for hydroxylation is 1. The van der Waals surface area contributed by atoms with E-state index in [1.54, 1.807) is 6.07 Å². The van der Waals surface area contributed by atoms with Gasteiger partial charge in [-0.05, 0) is 32.3 Å². The molecule has 0 bridgehead atoms. The van der Waals surface area contributed by atoms with Crippen molar-refractivity contribution in [3.63, 3.8) is 0 Å². The molecule has 24 heavy (non-hydrogen) atoms. The van der Waals surface area contributed by atoms with Gasteiger partial charge in [-0.3, -0.25) is 4.79 Å². The molecule has 132 valence electrons. The Kier molecular flexibility index (Phi) is 5.03. The molecule has 1 N–H and O–H groups in total. The van der Waals surface area contributed by atoms with Crippen LogP contribution in [0.15, 0.2) is 6.07 Å². The van der Waals surface area contributed by atoms with Gasteiger partial charge in [0.15, 0.2) is 9.84 Å². The Morgan fingerprint density at radius 3 is 2.54 bits per heavy atom. The highest BCUT2D eigenvalue weighted by molar-refractivity contribution is 7.91. The second-order valence-corrected chi connectivity index (χ2v) is 8.90. The van der Waals surface area contributed by atoms with Crippen molar-refractivity contribution >= 4 is 21.7 Å². The van der Waals surface area contributed by atoms with Crippen LogP contribution in [-0.4, -0.2) is 54.9 Å². The van der Waals surface area contributed by atoms with Gasteiger partial charge in [-0.15, -0.1) is 0 Å². The third-order valence-corrected chi connectivity index (χ3v) is 6.30. The highest BCUT2D eigenvalue weighted by atomic mass is 32.2. The molecule has 1 atom stereocenters. The SMILES string of the molecule is Cc1cc(C(=O)NC2CCS(=O)(=O)C2)nc(N2CCCCCC2)n1. The summed E-state index contributed by atoms with van der Waals surface area (Å²) in [7, 11) is -3.02. The number of anilines is 1. The lowest BCUT2D eigenvalue weighted by molar-refractivity contribution is 0.0936. The summed E-state index contributed by atoms with van der Waals surface area (Å²) in [5, 5.41) is 2.79. The molecule has 2 fully saturated rings. The minimum atomic E-state index is -3.02. The summed E-state index contributed by atoms with van der Waals surface area (Å²) in [6.07, 6.45) is 5.12. The molecule has 2 aliphatic heterocycles. The number of hydrogen-bond acceptors (Lipinski definition) is 6. The second-order valence-electron chi connectivity index (χ2n) is 6.67. The largest absolute Gasteiger partial charge is 0.347 e. The van der Waals surface area contributed by atoms with Gasteiger partial charge in [-0.1, -0.05) is 12.8 Å². The van der Waals surface area contributed by atoms with Crippen molar-refractivity contribution in [1.29, 1.82) is 0 Å². The number of nitrogens with zero attached hydrogens (tertiary/aromatic N) is 3. The standard InChI is InChI=1S/C16H24N4O3S/c1-12-10-14(15(21)18-13-6-9-24(22,23)11-13)19-16(17-12)20-7-4-2-3-5-8-20/h10,13H,2-9,11H2,1H3,(H,18,21). The molecule has 3 heterocycles. The molecule has 3 rings (SSSR count). The van der Waals surface area contributed by atoms with Crippen molar-refractivity contribution in [2.45, 2.75) is 45.1 Å². The first-order valence-corrected chi connectivity index (χ1v) is 10.4. The zero-order chi connectivity index (χ0) is 17.2. The molecule has 1 unspecified atom stereocenters. The lowest BCUT2D eigenvalue weighted by atomic mass is 10.2. The molecule has 0 saturated carbocycles. The maximum absolute atomic E-state index is 12.5. The normalized spacial score (nSPS) is 23.7. The summed E-state index contributed by atoms with van der Waals surface area (Å²) in [4.78, 5) is 23.5. The van der Waals surface area contributed by atoms with Gasteiger partial charge in [0.05, 0.1) is 11.5 Å². The van der Waals surface area contributed by atoms with Crippen LogP contribution in [-0.2, 0) is 9.84 Å². The van der Waals surface area contributed by atoms with Crippen LogP contribution in [0.25, 0.3) is 0 Å². The summed E-state index contributed by atoms with van der Waals surface area (Å²) >= 11 is 0. The van der Waals surface area contributed by atoms with Crippen molar-refractivity contribution in [1.82, 2.24) is 15.3 Å². The van der Waals surface area contributed by atoms with Gasteiger partial charge in [0, 0.05) is 24.8 Å². The maximum atomic E-state index is 12.5. The van der Waals surface area contributed by atoms with Crippen LogP contribution in [0.3, 0.4) is 0 Å². The number of rotatable bonds is 3. The van der Waals surface area contributed by atoms with Crippen LogP contribution in [0.4, 0.5) is 5.95 Å². The van der Waals surface area contributed by atoms with Crippen LogP contribution in [0.5, 0.6) is 0 Å². The third kappa shape index (κ3) is 4.23. The molecule has 1 aromatic rings. The predicted molar refractivity (Wildman–Crippen MR) is 92.0 cm³/mol. The van der Waals surface area contributed by atoms with Crippen molar-refractivity contribution in [3.05, 3.63) is 17.5 Å². The van der Waals surface area contributed by atoms with Gasteiger partial charge >= 0.3 is 0 Å². The van der Waals surface area contributed by atoms with Crippen molar-refractivity contribution in [2.24, 2.45) is 0 Å². The van der Waals surface area contributed by atoms with Crippen molar-refractivity contribution in [2.75, 3.05) is 29.5 Å². The van der Waals surface area contributed by atoms with E-state index < -0.39 is 9.84 Å². The van der Waals surface area contributed by atoms with E-state index in [0.29, 0.717) is 18.1 Å². The number of carbonyl (C=O) groups is 1. The molecular formula is C16H24N4O3S. The Morgan fingerprint density at radius 1 is 1.21 bits per heavy atom. The van der Waals surface area contributed by atoms with Gasteiger partial charge in [0.25, 0.3) is 5.91 Å². The fourth-order valence-corrected chi connectivity index (χ4v) is 4.92. The van der Waals surface area contributed by atoms with E-state index in [9.17, 15) is 13.2 Å². The molecule has 0 spiro atoms. The number of sulfone groups is 1. The topological polar surface area (TPSA) is 92.3 Å². The molecule has 2 saturated heterocycles. The Hall–Kier alpha value is -1.70. The number of aromatic nitrogens is 2. The molecule has 8 heteroatoms. The molecule has 1 aromatic heterocycles. The number of amides is 1. The fraction of sp³-hybridized carbons (Fsp3) is 0.688. The van der Waals surface area contributed by atoms with Crippen LogP contribution >= 0.6 is 0 Å². The maximum Gasteiger partial charge on any atom is 0.270 e. The quantitative estimate of drug-likeness (QED) is 0.875. The highest BCUT2D eigenvalue weighted by Crippen LogP contribution is 2.17. The van der Waals surface area contributed by atoms with E-state index >= 15 is 0 Å². The van der Waals surface area contributed by atoms with E-state index in [0.717, 1.165) is 31.6 Å². The summed E-state index contributed by atoms with van der Waals surface area (Å²) < 4.78 is 23.0. The average Bonchev–Trinajstić information content (AvgIpc) is 2.74. The molecule has 2 aliphatic rings. The lowest BCUT2D eigenvalue weighted by Gasteiger charge is -2.21. The minimum absolute atomic E-state index is 0.0157. The van der Waals surface area contributed by atoms with E-state index in [2.05, 4.69) is 20.2 Å². The monoisotopic (exact) mass is 352 g/mol. The van der Waals surface area contributed by atoms with Crippen LogP contribution in [0.1, 0.15) is 48.3 Å². The van der Waals surface area contributed by atoms with Crippen LogP contribution in [0, 0.1) is 6.92 Å².